The number of carbonyl (C=O) groups excluding carboxylic acids is 1. The molecule has 116 valence electrons. The molecule has 0 fully saturated rings. The first-order chi connectivity index (χ1) is 10.7. The summed E-state index contributed by atoms with van der Waals surface area (Å²) in [6.45, 7) is 2.92. The van der Waals surface area contributed by atoms with Crippen molar-refractivity contribution in [3.8, 4) is 5.75 Å². The van der Waals surface area contributed by atoms with Crippen LogP contribution in [0.3, 0.4) is 0 Å². The van der Waals surface area contributed by atoms with Gasteiger partial charge in [-0.3, -0.25) is 0 Å². The molecule has 0 N–H and O–H groups in total. The Hall–Kier alpha value is -2.29. The molecule has 0 amide bonds. The van der Waals surface area contributed by atoms with Gasteiger partial charge in [-0.1, -0.05) is 37.6 Å². The van der Waals surface area contributed by atoms with Gasteiger partial charge in [0.1, 0.15) is 5.75 Å². The lowest BCUT2D eigenvalue weighted by atomic mass is 10.0. The van der Waals surface area contributed by atoms with Crippen molar-refractivity contribution < 1.29 is 14.3 Å². The van der Waals surface area contributed by atoms with Gasteiger partial charge in [-0.05, 0) is 48.2 Å². The zero-order valence-electron chi connectivity index (χ0n) is 13.2. The van der Waals surface area contributed by atoms with Crippen LogP contribution in [0.1, 0.15) is 41.3 Å². The second-order valence-corrected chi connectivity index (χ2v) is 5.21. The van der Waals surface area contributed by atoms with E-state index in [-0.39, 0.29) is 5.97 Å². The zero-order chi connectivity index (χ0) is 15.8. The maximum atomic E-state index is 11.4. The van der Waals surface area contributed by atoms with Crippen molar-refractivity contribution in [3.05, 3.63) is 65.2 Å². The fraction of sp³-hybridized carbons (Fsp3) is 0.316. The Labute approximate surface area is 131 Å². The van der Waals surface area contributed by atoms with E-state index in [1.165, 1.54) is 12.7 Å². The van der Waals surface area contributed by atoms with Crippen LogP contribution in [0.5, 0.6) is 5.75 Å². The molecule has 0 saturated heterocycles. The fourth-order valence-corrected chi connectivity index (χ4v) is 2.15. The first-order valence-electron chi connectivity index (χ1n) is 7.62. The first-order valence-corrected chi connectivity index (χ1v) is 7.62. The van der Waals surface area contributed by atoms with Gasteiger partial charge < -0.3 is 9.47 Å². The molecule has 0 unspecified atom stereocenters. The topological polar surface area (TPSA) is 35.5 Å². The van der Waals surface area contributed by atoms with Crippen molar-refractivity contribution in [2.45, 2.75) is 26.2 Å². The quantitative estimate of drug-likeness (QED) is 0.566. The van der Waals surface area contributed by atoms with Crippen LogP contribution in [-0.2, 0) is 11.2 Å². The number of methoxy groups -OCH3 is 1. The molecule has 3 heteroatoms. The van der Waals surface area contributed by atoms with Crippen LogP contribution in [-0.4, -0.2) is 19.7 Å². The second kappa shape index (κ2) is 8.23. The molecule has 0 atom stereocenters. The number of rotatable bonds is 7. The Kier molecular flexibility index (Phi) is 6.01. The van der Waals surface area contributed by atoms with Crippen LogP contribution in [0.2, 0.25) is 0 Å². The predicted molar refractivity (Wildman–Crippen MR) is 87.4 cm³/mol. The van der Waals surface area contributed by atoms with Crippen LogP contribution in [0.4, 0.5) is 0 Å². The highest BCUT2D eigenvalue weighted by Crippen LogP contribution is 2.16. The van der Waals surface area contributed by atoms with E-state index in [0.29, 0.717) is 5.56 Å². The third-order valence-electron chi connectivity index (χ3n) is 3.47. The molecule has 2 rings (SSSR count). The minimum atomic E-state index is -0.305. The molecule has 0 aromatic heterocycles. The lowest BCUT2D eigenvalue weighted by Gasteiger charge is -2.07. The average Bonchev–Trinajstić information content (AvgIpc) is 2.57. The SMILES string of the molecule is CCCCOc1ccc(Cc2ccc(C(=O)OC)cc2)cc1. The van der Waals surface area contributed by atoms with Crippen molar-refractivity contribution in [2.75, 3.05) is 13.7 Å². The summed E-state index contributed by atoms with van der Waals surface area (Å²) < 4.78 is 10.3. The Morgan fingerprint density at radius 1 is 0.955 bits per heavy atom. The Morgan fingerprint density at radius 3 is 2.09 bits per heavy atom. The highest BCUT2D eigenvalue weighted by molar-refractivity contribution is 5.89. The van der Waals surface area contributed by atoms with Gasteiger partial charge in [0.05, 0.1) is 19.3 Å². The van der Waals surface area contributed by atoms with Gasteiger partial charge in [-0.2, -0.15) is 0 Å². The van der Waals surface area contributed by atoms with Crippen molar-refractivity contribution in [3.63, 3.8) is 0 Å². The summed E-state index contributed by atoms with van der Waals surface area (Å²) in [6.07, 6.45) is 3.05. The largest absolute Gasteiger partial charge is 0.494 e. The summed E-state index contributed by atoms with van der Waals surface area (Å²) >= 11 is 0. The van der Waals surface area contributed by atoms with Gasteiger partial charge in [0.25, 0.3) is 0 Å². The molecule has 22 heavy (non-hydrogen) atoms. The maximum Gasteiger partial charge on any atom is 0.337 e. The molecule has 0 aliphatic heterocycles. The van der Waals surface area contributed by atoms with Gasteiger partial charge >= 0.3 is 5.97 Å². The fourth-order valence-electron chi connectivity index (χ4n) is 2.15. The summed E-state index contributed by atoms with van der Waals surface area (Å²) in [4.78, 5) is 11.4. The molecule has 0 aliphatic carbocycles. The van der Waals surface area contributed by atoms with E-state index in [0.717, 1.165) is 37.2 Å². The highest BCUT2D eigenvalue weighted by atomic mass is 16.5. The van der Waals surface area contributed by atoms with Crippen molar-refractivity contribution >= 4 is 5.97 Å². The predicted octanol–water partition coefficient (Wildman–Crippen LogP) is 4.24. The molecule has 0 saturated carbocycles. The van der Waals surface area contributed by atoms with Crippen LogP contribution in [0.15, 0.2) is 48.5 Å². The van der Waals surface area contributed by atoms with Gasteiger partial charge in [0.2, 0.25) is 0 Å². The monoisotopic (exact) mass is 298 g/mol. The van der Waals surface area contributed by atoms with E-state index in [1.807, 2.05) is 24.3 Å². The summed E-state index contributed by atoms with van der Waals surface area (Å²) in [7, 11) is 1.39. The van der Waals surface area contributed by atoms with Crippen LogP contribution in [0, 0.1) is 0 Å². The molecular formula is C19H22O3. The molecule has 0 aliphatic rings. The van der Waals surface area contributed by atoms with E-state index in [9.17, 15) is 4.79 Å². The van der Waals surface area contributed by atoms with Crippen molar-refractivity contribution in [1.82, 2.24) is 0 Å². The van der Waals surface area contributed by atoms with Crippen molar-refractivity contribution in [2.24, 2.45) is 0 Å². The van der Waals surface area contributed by atoms with E-state index < -0.39 is 0 Å². The molecule has 0 radical (unpaired) electrons. The minimum absolute atomic E-state index is 0.305. The van der Waals surface area contributed by atoms with Gasteiger partial charge in [0, 0.05) is 0 Å². The van der Waals surface area contributed by atoms with E-state index in [1.54, 1.807) is 12.1 Å². The summed E-state index contributed by atoms with van der Waals surface area (Å²) in [5.41, 5.74) is 2.95. The van der Waals surface area contributed by atoms with Crippen molar-refractivity contribution in [1.29, 1.82) is 0 Å². The maximum absolute atomic E-state index is 11.4. The summed E-state index contributed by atoms with van der Waals surface area (Å²) in [5.74, 6) is 0.610. The molecule has 2 aromatic rings. The average molecular weight is 298 g/mol. The molecule has 0 heterocycles. The number of esters is 1. The first kappa shape index (κ1) is 16.1. The lowest BCUT2D eigenvalue weighted by Crippen LogP contribution is -2.01. The number of hydrogen-bond donors (Lipinski definition) is 0. The summed E-state index contributed by atoms with van der Waals surface area (Å²) in [5, 5.41) is 0. The second-order valence-electron chi connectivity index (χ2n) is 5.21. The smallest absolute Gasteiger partial charge is 0.337 e. The third-order valence-corrected chi connectivity index (χ3v) is 3.47. The van der Waals surface area contributed by atoms with Crippen LogP contribution in [0.25, 0.3) is 0 Å². The lowest BCUT2D eigenvalue weighted by molar-refractivity contribution is 0.0600. The number of unbranched alkanes of at least 4 members (excludes halogenated alkanes) is 1. The van der Waals surface area contributed by atoms with Gasteiger partial charge in [-0.15, -0.1) is 0 Å². The number of carbonyl (C=O) groups is 1. The number of benzene rings is 2. The molecule has 0 bridgehead atoms. The molecule has 2 aromatic carbocycles. The standard InChI is InChI=1S/C19H22O3/c1-3-4-13-22-18-11-7-16(8-12-18)14-15-5-9-17(10-6-15)19(20)21-2/h5-12H,3-4,13-14H2,1-2H3. The van der Waals surface area contributed by atoms with E-state index in [2.05, 4.69) is 19.1 Å². The van der Waals surface area contributed by atoms with E-state index >= 15 is 0 Å². The summed E-state index contributed by atoms with van der Waals surface area (Å²) in [6, 6.07) is 15.7. The number of ether oxygens (including phenoxy) is 2. The third kappa shape index (κ3) is 4.62. The highest BCUT2D eigenvalue weighted by Gasteiger charge is 2.04. The Bertz CT molecular complexity index is 585. The van der Waals surface area contributed by atoms with Crippen LogP contribution >= 0.6 is 0 Å². The van der Waals surface area contributed by atoms with Crippen LogP contribution < -0.4 is 4.74 Å². The molecular weight excluding hydrogens is 276 g/mol. The molecule has 0 spiro atoms. The van der Waals surface area contributed by atoms with Gasteiger partial charge in [-0.25, -0.2) is 4.79 Å². The van der Waals surface area contributed by atoms with E-state index in [4.69, 9.17) is 9.47 Å². The van der Waals surface area contributed by atoms with Gasteiger partial charge in [0.15, 0.2) is 0 Å². The minimum Gasteiger partial charge on any atom is -0.494 e. The normalized spacial score (nSPS) is 10.3. The number of hydrogen-bond acceptors (Lipinski definition) is 3. The Balaban J connectivity index is 1.94. The zero-order valence-corrected chi connectivity index (χ0v) is 13.2. The Morgan fingerprint density at radius 2 is 1.55 bits per heavy atom. The molecule has 3 nitrogen and oxygen atoms in total.